The van der Waals surface area contributed by atoms with Crippen LogP contribution in [-0.4, -0.2) is 9.38 Å². The Bertz CT molecular complexity index is 504. The van der Waals surface area contributed by atoms with Crippen molar-refractivity contribution in [2.24, 2.45) is 0 Å². The van der Waals surface area contributed by atoms with E-state index in [1.807, 2.05) is 0 Å². The highest BCUT2D eigenvalue weighted by atomic mass is 19.1. The minimum Gasteiger partial charge on any atom is -0.383 e. The van der Waals surface area contributed by atoms with E-state index in [1.54, 1.807) is 10.5 Å². The molecule has 1 unspecified atom stereocenters. The van der Waals surface area contributed by atoms with Gasteiger partial charge in [0.2, 0.25) is 0 Å². The van der Waals surface area contributed by atoms with Crippen LogP contribution < -0.4 is 5.73 Å². The van der Waals surface area contributed by atoms with Crippen molar-refractivity contribution in [2.45, 2.75) is 32.6 Å². The van der Waals surface area contributed by atoms with Crippen LogP contribution >= 0.6 is 0 Å². The number of imidazole rings is 1. The van der Waals surface area contributed by atoms with E-state index in [9.17, 15) is 4.39 Å². The van der Waals surface area contributed by atoms with E-state index in [0.29, 0.717) is 17.4 Å². The molecule has 0 aromatic carbocycles. The number of hydrogen-bond acceptors (Lipinski definition) is 2. The number of nitrogen functional groups attached to an aromatic ring is 1. The Kier molecular flexibility index (Phi) is 2.81. The van der Waals surface area contributed by atoms with Gasteiger partial charge in [-0.25, -0.2) is 9.37 Å². The zero-order valence-corrected chi connectivity index (χ0v) is 9.57. The molecule has 0 amide bonds. The molecule has 0 aliphatic carbocycles. The maximum Gasteiger partial charge on any atom is 0.140 e. The van der Waals surface area contributed by atoms with E-state index in [1.165, 1.54) is 12.3 Å². The predicted molar refractivity (Wildman–Crippen MR) is 62.9 cm³/mol. The van der Waals surface area contributed by atoms with Gasteiger partial charge in [0.1, 0.15) is 17.3 Å². The van der Waals surface area contributed by atoms with Crippen molar-refractivity contribution in [1.29, 1.82) is 0 Å². The Hall–Kier alpha value is -1.58. The molecule has 2 aromatic heterocycles. The third-order valence-corrected chi connectivity index (χ3v) is 2.84. The molecule has 2 rings (SSSR count). The van der Waals surface area contributed by atoms with Crippen molar-refractivity contribution < 1.29 is 4.39 Å². The van der Waals surface area contributed by atoms with Crippen LogP contribution in [0.4, 0.5) is 10.2 Å². The number of nitrogens with two attached hydrogens (primary N) is 1. The molecule has 2 aromatic rings. The van der Waals surface area contributed by atoms with Crippen LogP contribution in [0, 0.1) is 5.82 Å². The Labute approximate surface area is 94.1 Å². The van der Waals surface area contributed by atoms with Crippen LogP contribution in [0.3, 0.4) is 0 Å². The first-order valence-electron chi connectivity index (χ1n) is 5.56. The number of pyridine rings is 1. The number of rotatable bonds is 3. The van der Waals surface area contributed by atoms with Gasteiger partial charge in [-0.1, -0.05) is 20.3 Å². The lowest BCUT2D eigenvalue weighted by Gasteiger charge is -2.07. The quantitative estimate of drug-likeness (QED) is 0.865. The van der Waals surface area contributed by atoms with Gasteiger partial charge in [0.15, 0.2) is 0 Å². The summed E-state index contributed by atoms with van der Waals surface area (Å²) in [5.41, 5.74) is 7.55. The molecule has 2 N–H and O–H groups in total. The highest BCUT2D eigenvalue weighted by Gasteiger charge is 2.15. The maximum atomic E-state index is 13.1. The van der Waals surface area contributed by atoms with Crippen LogP contribution in [0.5, 0.6) is 0 Å². The molecule has 0 saturated heterocycles. The van der Waals surface area contributed by atoms with Crippen LogP contribution in [-0.2, 0) is 0 Å². The zero-order valence-electron chi connectivity index (χ0n) is 9.57. The van der Waals surface area contributed by atoms with E-state index >= 15 is 0 Å². The smallest absolute Gasteiger partial charge is 0.140 e. The summed E-state index contributed by atoms with van der Waals surface area (Å²) in [5, 5.41) is 0. The molecule has 1 atom stereocenters. The topological polar surface area (TPSA) is 43.3 Å². The first kappa shape index (κ1) is 10.9. The third kappa shape index (κ3) is 1.75. The van der Waals surface area contributed by atoms with E-state index in [0.717, 1.165) is 18.5 Å². The van der Waals surface area contributed by atoms with Crippen molar-refractivity contribution in [2.75, 3.05) is 5.73 Å². The normalized spacial score (nSPS) is 13.2. The molecule has 0 aliphatic rings. The number of aromatic nitrogens is 2. The molecule has 2 heterocycles. The average molecular weight is 221 g/mol. The van der Waals surface area contributed by atoms with E-state index in [2.05, 4.69) is 18.8 Å². The number of anilines is 1. The summed E-state index contributed by atoms with van der Waals surface area (Å²) in [5.74, 6) is 0.565. The van der Waals surface area contributed by atoms with Gasteiger partial charge in [0.25, 0.3) is 0 Å². The molecular formula is C12H16FN3. The van der Waals surface area contributed by atoms with Gasteiger partial charge in [0, 0.05) is 12.1 Å². The lowest BCUT2D eigenvalue weighted by atomic mass is 10.0. The van der Waals surface area contributed by atoms with E-state index < -0.39 is 0 Å². The number of hydrogen-bond donors (Lipinski definition) is 1. The van der Waals surface area contributed by atoms with Gasteiger partial charge in [0.05, 0.1) is 5.69 Å². The van der Waals surface area contributed by atoms with Gasteiger partial charge in [-0.3, -0.25) is 4.40 Å². The minimum atomic E-state index is -0.300. The third-order valence-electron chi connectivity index (χ3n) is 2.84. The molecule has 16 heavy (non-hydrogen) atoms. The van der Waals surface area contributed by atoms with Crippen LogP contribution in [0.1, 0.15) is 38.3 Å². The van der Waals surface area contributed by atoms with Crippen LogP contribution in [0.15, 0.2) is 18.3 Å². The fourth-order valence-electron chi connectivity index (χ4n) is 1.99. The lowest BCUT2D eigenvalue weighted by Crippen LogP contribution is -2.00. The standard InChI is InChI=1S/C12H16FN3/c1-3-4-8(2)11-12(14)16-7-9(13)5-6-10(16)15-11/h5-8H,3-4,14H2,1-2H3. The summed E-state index contributed by atoms with van der Waals surface area (Å²) in [6.07, 6.45) is 3.50. The summed E-state index contributed by atoms with van der Waals surface area (Å²) >= 11 is 0. The fraction of sp³-hybridized carbons (Fsp3) is 0.417. The largest absolute Gasteiger partial charge is 0.383 e. The molecule has 0 radical (unpaired) electrons. The molecule has 0 fully saturated rings. The van der Waals surface area contributed by atoms with Crippen molar-refractivity contribution in [1.82, 2.24) is 9.38 Å². The summed E-state index contributed by atoms with van der Waals surface area (Å²) in [6.45, 7) is 4.22. The Morgan fingerprint density at radius 1 is 1.50 bits per heavy atom. The Balaban J connectivity index is 2.51. The first-order chi connectivity index (χ1) is 7.63. The second-order valence-corrected chi connectivity index (χ2v) is 4.15. The van der Waals surface area contributed by atoms with Crippen LogP contribution in [0.2, 0.25) is 0 Å². The molecule has 3 nitrogen and oxygen atoms in total. The molecule has 86 valence electrons. The van der Waals surface area contributed by atoms with Gasteiger partial charge in [-0.15, -0.1) is 0 Å². The van der Waals surface area contributed by atoms with E-state index in [4.69, 9.17) is 5.73 Å². The summed E-state index contributed by atoms with van der Waals surface area (Å²) in [7, 11) is 0. The molecule has 0 saturated carbocycles. The molecule has 0 spiro atoms. The van der Waals surface area contributed by atoms with Crippen LogP contribution in [0.25, 0.3) is 5.65 Å². The zero-order chi connectivity index (χ0) is 11.7. The molecular weight excluding hydrogens is 205 g/mol. The van der Waals surface area contributed by atoms with E-state index in [-0.39, 0.29) is 5.82 Å². The van der Waals surface area contributed by atoms with Crippen molar-refractivity contribution in [3.63, 3.8) is 0 Å². The predicted octanol–water partition coefficient (Wildman–Crippen LogP) is 2.96. The van der Waals surface area contributed by atoms with Crippen molar-refractivity contribution >= 4 is 11.5 Å². The van der Waals surface area contributed by atoms with Crippen molar-refractivity contribution in [3.8, 4) is 0 Å². The molecule has 0 bridgehead atoms. The average Bonchev–Trinajstić information content (AvgIpc) is 2.57. The highest BCUT2D eigenvalue weighted by molar-refractivity contribution is 5.53. The molecule has 4 heteroatoms. The van der Waals surface area contributed by atoms with Gasteiger partial charge in [-0.05, 0) is 18.6 Å². The SMILES string of the molecule is CCCC(C)c1nc2ccc(F)cn2c1N. The number of halogens is 1. The van der Waals surface area contributed by atoms with Gasteiger partial charge in [-0.2, -0.15) is 0 Å². The second kappa shape index (κ2) is 4.12. The lowest BCUT2D eigenvalue weighted by molar-refractivity contribution is 0.619. The highest BCUT2D eigenvalue weighted by Crippen LogP contribution is 2.26. The second-order valence-electron chi connectivity index (χ2n) is 4.15. The molecule has 0 aliphatic heterocycles. The summed E-state index contributed by atoms with van der Waals surface area (Å²) in [6, 6.07) is 3.05. The minimum absolute atomic E-state index is 0.300. The monoisotopic (exact) mass is 221 g/mol. The Morgan fingerprint density at radius 3 is 2.94 bits per heavy atom. The summed E-state index contributed by atoms with van der Waals surface area (Å²) in [4.78, 5) is 4.44. The first-order valence-corrected chi connectivity index (χ1v) is 5.56. The summed E-state index contributed by atoms with van der Waals surface area (Å²) < 4.78 is 14.7. The Morgan fingerprint density at radius 2 is 2.25 bits per heavy atom. The fourth-order valence-corrected chi connectivity index (χ4v) is 1.99. The maximum absolute atomic E-state index is 13.1. The van der Waals surface area contributed by atoms with Gasteiger partial charge >= 0.3 is 0 Å². The van der Waals surface area contributed by atoms with Crippen molar-refractivity contribution in [3.05, 3.63) is 29.8 Å². The van der Waals surface area contributed by atoms with Gasteiger partial charge < -0.3 is 5.73 Å². The number of fused-ring (bicyclic) bond motifs is 1. The number of nitrogens with zero attached hydrogens (tertiary/aromatic N) is 2.